The zero-order valence-corrected chi connectivity index (χ0v) is 12.7. The van der Waals surface area contributed by atoms with Gasteiger partial charge in [0.25, 0.3) is 0 Å². The average Bonchev–Trinajstić information content (AvgIpc) is 2.90. The van der Waals surface area contributed by atoms with E-state index in [1.807, 2.05) is 31.2 Å². The summed E-state index contributed by atoms with van der Waals surface area (Å²) in [5.41, 5.74) is 0.786. The third-order valence-corrected chi connectivity index (χ3v) is 3.80. The van der Waals surface area contributed by atoms with Crippen LogP contribution in [0.1, 0.15) is 12.7 Å². The number of aliphatic hydroxyl groups is 1. The molecule has 0 bridgehead atoms. The molecule has 1 aromatic carbocycles. The van der Waals surface area contributed by atoms with E-state index in [2.05, 4.69) is 5.32 Å². The van der Waals surface area contributed by atoms with Crippen molar-refractivity contribution in [2.45, 2.75) is 13.5 Å². The number of rotatable bonds is 6. The molecule has 2 aromatic rings. The van der Waals surface area contributed by atoms with Crippen molar-refractivity contribution >= 4 is 23.2 Å². The fourth-order valence-electron chi connectivity index (χ4n) is 1.82. The Hall–Kier alpha value is -1.000. The lowest BCUT2D eigenvalue weighted by molar-refractivity contribution is 0.233. The average molecular weight is 314 g/mol. The summed E-state index contributed by atoms with van der Waals surface area (Å²) in [4.78, 5) is 0. The van der Waals surface area contributed by atoms with Gasteiger partial charge >= 0.3 is 0 Å². The Balaban J connectivity index is 2.03. The first-order valence-electron chi connectivity index (χ1n) is 6.46. The molecule has 0 amide bonds. The molecule has 0 aliphatic rings. The van der Waals surface area contributed by atoms with Crippen molar-refractivity contribution in [2.75, 3.05) is 13.2 Å². The minimum atomic E-state index is 0.175. The molecule has 0 radical (unpaired) electrons. The normalized spacial score (nSPS) is 12.6. The summed E-state index contributed by atoms with van der Waals surface area (Å²) < 4.78 is 5.75. The highest BCUT2D eigenvalue weighted by Crippen LogP contribution is 2.34. The lowest BCUT2D eigenvalue weighted by Crippen LogP contribution is -2.22. The van der Waals surface area contributed by atoms with Crippen molar-refractivity contribution in [2.24, 2.45) is 5.92 Å². The number of hydrogen-bond acceptors (Lipinski definition) is 3. The Bertz CT molecular complexity index is 569. The molecule has 2 N–H and O–H groups in total. The fourth-order valence-corrected chi connectivity index (χ4v) is 2.21. The van der Waals surface area contributed by atoms with Gasteiger partial charge in [0.1, 0.15) is 11.5 Å². The van der Waals surface area contributed by atoms with Crippen LogP contribution in [0.15, 0.2) is 34.7 Å². The Labute approximate surface area is 128 Å². The van der Waals surface area contributed by atoms with Crippen molar-refractivity contribution in [1.29, 1.82) is 0 Å². The van der Waals surface area contributed by atoms with Crippen LogP contribution in [0.2, 0.25) is 10.0 Å². The number of halogens is 2. The summed E-state index contributed by atoms with van der Waals surface area (Å²) in [6, 6.07) is 9.24. The summed E-state index contributed by atoms with van der Waals surface area (Å²) in [5.74, 6) is 1.75. The fraction of sp³-hybridized carbons (Fsp3) is 0.333. The van der Waals surface area contributed by atoms with Gasteiger partial charge in [-0.15, -0.1) is 0 Å². The van der Waals surface area contributed by atoms with Gasteiger partial charge < -0.3 is 14.8 Å². The van der Waals surface area contributed by atoms with Crippen LogP contribution in [0.5, 0.6) is 0 Å². The topological polar surface area (TPSA) is 45.4 Å². The predicted molar refractivity (Wildman–Crippen MR) is 82.1 cm³/mol. The van der Waals surface area contributed by atoms with Gasteiger partial charge in [-0.2, -0.15) is 0 Å². The van der Waals surface area contributed by atoms with E-state index in [9.17, 15) is 0 Å². The van der Waals surface area contributed by atoms with E-state index < -0.39 is 0 Å². The zero-order chi connectivity index (χ0) is 14.5. The van der Waals surface area contributed by atoms with E-state index in [1.54, 1.807) is 6.07 Å². The highest BCUT2D eigenvalue weighted by Gasteiger charge is 2.11. The molecule has 2 rings (SSSR count). The Kier molecular flexibility index (Phi) is 5.49. The van der Waals surface area contributed by atoms with Gasteiger partial charge in [0.05, 0.1) is 16.6 Å². The molecule has 3 nitrogen and oxygen atoms in total. The summed E-state index contributed by atoms with van der Waals surface area (Å²) in [5, 5.41) is 13.2. The van der Waals surface area contributed by atoms with E-state index in [0.29, 0.717) is 22.4 Å². The second-order valence-electron chi connectivity index (χ2n) is 4.79. The number of nitrogens with one attached hydrogen (secondary N) is 1. The lowest BCUT2D eigenvalue weighted by atomic mass is 10.2. The molecule has 0 saturated carbocycles. The molecule has 0 unspecified atom stereocenters. The van der Waals surface area contributed by atoms with Crippen LogP contribution in [0.3, 0.4) is 0 Å². The molecule has 0 aliphatic carbocycles. The van der Waals surface area contributed by atoms with Crippen LogP contribution in [-0.2, 0) is 6.54 Å². The predicted octanol–water partition coefficient (Wildman–Crippen LogP) is 3.97. The van der Waals surface area contributed by atoms with Crippen LogP contribution in [0.4, 0.5) is 0 Å². The minimum absolute atomic E-state index is 0.175. The Morgan fingerprint density at radius 3 is 2.80 bits per heavy atom. The standard InChI is InChI=1S/C15H17Cl2NO2/c1-10(9-19)7-18-8-11-5-6-14(20-11)12-3-2-4-13(16)15(12)17/h2-6,10,18-19H,7-9H2,1H3/t10-/m0/s1. The van der Waals surface area contributed by atoms with E-state index in [0.717, 1.165) is 17.9 Å². The molecule has 0 spiro atoms. The molecule has 1 aromatic heterocycles. The Morgan fingerprint density at radius 2 is 2.05 bits per heavy atom. The third-order valence-electron chi connectivity index (χ3n) is 2.98. The summed E-state index contributed by atoms with van der Waals surface area (Å²) in [7, 11) is 0. The van der Waals surface area contributed by atoms with E-state index in [1.165, 1.54) is 0 Å². The quantitative estimate of drug-likeness (QED) is 0.848. The minimum Gasteiger partial charge on any atom is -0.460 e. The molecular formula is C15H17Cl2NO2. The molecule has 1 atom stereocenters. The van der Waals surface area contributed by atoms with E-state index >= 15 is 0 Å². The number of hydrogen-bond donors (Lipinski definition) is 2. The first kappa shape index (κ1) is 15.4. The molecule has 0 aliphatic heterocycles. The maximum atomic E-state index is 8.95. The second kappa shape index (κ2) is 7.14. The van der Waals surface area contributed by atoms with Crippen LogP contribution >= 0.6 is 23.2 Å². The van der Waals surface area contributed by atoms with Crippen molar-refractivity contribution < 1.29 is 9.52 Å². The van der Waals surface area contributed by atoms with Gasteiger partial charge in [-0.05, 0) is 30.2 Å². The van der Waals surface area contributed by atoms with Crippen molar-refractivity contribution in [1.82, 2.24) is 5.32 Å². The first-order chi connectivity index (χ1) is 9.61. The number of benzene rings is 1. The maximum Gasteiger partial charge on any atom is 0.135 e. The second-order valence-corrected chi connectivity index (χ2v) is 5.57. The van der Waals surface area contributed by atoms with Crippen LogP contribution in [0.25, 0.3) is 11.3 Å². The monoisotopic (exact) mass is 313 g/mol. The van der Waals surface area contributed by atoms with Crippen LogP contribution in [0, 0.1) is 5.92 Å². The zero-order valence-electron chi connectivity index (χ0n) is 11.2. The summed E-state index contributed by atoms with van der Waals surface area (Å²) >= 11 is 12.2. The molecule has 1 heterocycles. The highest BCUT2D eigenvalue weighted by molar-refractivity contribution is 6.43. The van der Waals surface area contributed by atoms with Crippen LogP contribution in [-0.4, -0.2) is 18.3 Å². The van der Waals surface area contributed by atoms with Crippen molar-refractivity contribution in [3.63, 3.8) is 0 Å². The van der Waals surface area contributed by atoms with Crippen molar-refractivity contribution in [3.8, 4) is 11.3 Å². The molecular weight excluding hydrogens is 297 g/mol. The van der Waals surface area contributed by atoms with Gasteiger partial charge in [0.15, 0.2) is 0 Å². The van der Waals surface area contributed by atoms with Crippen molar-refractivity contribution in [3.05, 3.63) is 46.1 Å². The maximum absolute atomic E-state index is 8.95. The first-order valence-corrected chi connectivity index (χ1v) is 7.22. The van der Waals surface area contributed by atoms with Gasteiger partial charge in [-0.25, -0.2) is 0 Å². The molecule has 108 valence electrons. The van der Waals surface area contributed by atoms with Gasteiger partial charge in [-0.1, -0.05) is 36.2 Å². The van der Waals surface area contributed by atoms with Crippen LogP contribution < -0.4 is 5.32 Å². The molecule has 20 heavy (non-hydrogen) atoms. The van der Waals surface area contributed by atoms with Gasteiger partial charge in [0.2, 0.25) is 0 Å². The smallest absolute Gasteiger partial charge is 0.135 e. The highest BCUT2D eigenvalue weighted by atomic mass is 35.5. The van der Waals surface area contributed by atoms with Gasteiger partial charge in [-0.3, -0.25) is 0 Å². The number of aliphatic hydroxyl groups excluding tert-OH is 1. The van der Waals surface area contributed by atoms with E-state index in [-0.39, 0.29) is 12.5 Å². The molecule has 5 heteroatoms. The largest absolute Gasteiger partial charge is 0.460 e. The molecule has 0 saturated heterocycles. The Morgan fingerprint density at radius 1 is 1.25 bits per heavy atom. The van der Waals surface area contributed by atoms with Gasteiger partial charge in [0, 0.05) is 18.7 Å². The molecule has 0 fully saturated rings. The number of furan rings is 1. The van der Waals surface area contributed by atoms with E-state index in [4.69, 9.17) is 32.7 Å². The SMILES string of the molecule is C[C@H](CO)CNCc1ccc(-c2cccc(Cl)c2Cl)o1. The summed E-state index contributed by atoms with van der Waals surface area (Å²) in [6.45, 7) is 3.51. The lowest BCUT2D eigenvalue weighted by Gasteiger charge is -2.08. The third kappa shape index (κ3) is 3.76. The summed E-state index contributed by atoms with van der Waals surface area (Å²) in [6.07, 6.45) is 0.